The molecule has 1 aliphatic heterocycles. The van der Waals surface area contributed by atoms with Crippen LogP contribution in [0.4, 0.5) is 0 Å². The number of piperidine rings is 1. The molecule has 0 bridgehead atoms. The van der Waals surface area contributed by atoms with Gasteiger partial charge >= 0.3 is 0 Å². The van der Waals surface area contributed by atoms with E-state index in [1.54, 1.807) is 0 Å². The lowest BCUT2D eigenvalue weighted by atomic mass is 9.68. The van der Waals surface area contributed by atoms with Gasteiger partial charge in [0.05, 0.1) is 0 Å². The number of benzene rings is 1. The summed E-state index contributed by atoms with van der Waals surface area (Å²) in [7, 11) is 0. The van der Waals surface area contributed by atoms with Gasteiger partial charge < -0.3 is 16.0 Å². The van der Waals surface area contributed by atoms with Gasteiger partial charge in [-0.25, -0.2) is 0 Å². The number of hydrogen-bond donors (Lipinski definition) is 3. The van der Waals surface area contributed by atoms with Crippen LogP contribution in [0.1, 0.15) is 111 Å². The topological polar surface area (TPSA) is 36.1 Å². The molecule has 9 atom stereocenters. The Morgan fingerprint density at radius 2 is 1.44 bits per heavy atom. The van der Waals surface area contributed by atoms with Crippen molar-refractivity contribution in [3.8, 4) is 0 Å². The van der Waals surface area contributed by atoms with Gasteiger partial charge in [0.2, 0.25) is 0 Å². The number of halogens is 1. The second-order valence-electron chi connectivity index (χ2n) is 15.6. The largest absolute Gasteiger partial charge is 0.309 e. The van der Waals surface area contributed by atoms with Gasteiger partial charge in [0.1, 0.15) is 0 Å². The maximum absolute atomic E-state index is 6.64. The number of nitrogens with one attached hydrogen (secondary N) is 3. The van der Waals surface area contributed by atoms with Crippen LogP contribution in [-0.4, -0.2) is 41.6 Å². The van der Waals surface area contributed by atoms with E-state index in [4.69, 9.17) is 11.6 Å². The quantitative estimate of drug-likeness (QED) is 0.256. The SMILES string of the molecule is CC(C)C1CCCC(C(C)C)C1NC(Cc1ccccc1)C1CCC2CCCC(NC3C(C)CC(Cl)CC3C)C2N1. The third kappa shape index (κ3) is 7.73. The number of hydrogen-bond acceptors (Lipinski definition) is 3. The number of fused-ring (bicyclic) bond motifs is 1. The minimum absolute atomic E-state index is 0.350. The first kappa shape index (κ1) is 31.8. The van der Waals surface area contributed by atoms with Gasteiger partial charge in [-0.05, 0) is 105 Å². The summed E-state index contributed by atoms with van der Waals surface area (Å²) < 4.78 is 0. The van der Waals surface area contributed by atoms with Crippen LogP contribution in [0.2, 0.25) is 0 Å². The molecule has 1 saturated heterocycles. The van der Waals surface area contributed by atoms with E-state index in [9.17, 15) is 0 Å². The van der Waals surface area contributed by atoms with Crippen LogP contribution >= 0.6 is 11.6 Å². The minimum Gasteiger partial charge on any atom is -0.309 e. The molecule has 9 unspecified atom stereocenters. The zero-order chi connectivity index (χ0) is 29.1. The fourth-order valence-electron chi connectivity index (χ4n) is 9.87. The Balaban J connectivity index is 1.36. The number of rotatable bonds is 9. The fourth-order valence-corrected chi connectivity index (χ4v) is 10.4. The summed E-state index contributed by atoms with van der Waals surface area (Å²) >= 11 is 6.64. The van der Waals surface area contributed by atoms with E-state index in [0.29, 0.717) is 53.5 Å². The van der Waals surface area contributed by atoms with Gasteiger partial charge in [-0.3, -0.25) is 0 Å². The van der Waals surface area contributed by atoms with E-state index < -0.39 is 0 Å². The molecule has 41 heavy (non-hydrogen) atoms. The standard InChI is InChI=1S/C37H62ClN3/c1-23(2)30-15-11-16-31(24(3)4)37(30)41-34(22-27-12-8-7-9-13-27)32-19-18-28-14-10-17-33(36(28)39-32)40-35-25(5)20-29(38)21-26(35)6/h7-9,12-13,23-26,28-37,39-41H,10-11,14-22H2,1-6H3. The molecule has 3 nitrogen and oxygen atoms in total. The van der Waals surface area contributed by atoms with Gasteiger partial charge in [0.15, 0.2) is 0 Å². The fraction of sp³-hybridized carbons (Fsp3) is 0.838. The van der Waals surface area contributed by atoms with Crippen molar-refractivity contribution < 1.29 is 0 Å². The van der Waals surface area contributed by atoms with E-state index >= 15 is 0 Å². The summed E-state index contributed by atoms with van der Waals surface area (Å²) in [5.41, 5.74) is 1.48. The lowest BCUT2D eigenvalue weighted by Gasteiger charge is -2.51. The highest BCUT2D eigenvalue weighted by Gasteiger charge is 2.44. The van der Waals surface area contributed by atoms with Crippen molar-refractivity contribution in [3.63, 3.8) is 0 Å². The van der Waals surface area contributed by atoms with Crippen molar-refractivity contribution in [2.24, 2.45) is 41.4 Å². The minimum atomic E-state index is 0.350. The summed E-state index contributed by atoms with van der Waals surface area (Å²) in [5.74, 6) is 5.13. The third-order valence-corrected chi connectivity index (χ3v) is 12.4. The molecular weight excluding hydrogens is 522 g/mol. The molecule has 3 saturated carbocycles. The molecule has 5 rings (SSSR count). The normalized spacial score (nSPS) is 40.9. The summed E-state index contributed by atoms with van der Waals surface area (Å²) in [6.07, 6.45) is 14.3. The van der Waals surface area contributed by atoms with Crippen molar-refractivity contribution in [3.05, 3.63) is 35.9 Å². The molecule has 4 heteroatoms. The maximum atomic E-state index is 6.64. The van der Waals surface area contributed by atoms with Crippen LogP contribution in [0.3, 0.4) is 0 Å². The molecule has 232 valence electrons. The lowest BCUT2D eigenvalue weighted by Crippen LogP contribution is -2.67. The van der Waals surface area contributed by atoms with Crippen molar-refractivity contribution in [2.45, 2.75) is 154 Å². The van der Waals surface area contributed by atoms with Crippen LogP contribution in [0, 0.1) is 41.4 Å². The molecule has 0 spiro atoms. The average molecular weight is 584 g/mol. The molecule has 4 aliphatic rings. The zero-order valence-electron chi connectivity index (χ0n) is 27.1. The van der Waals surface area contributed by atoms with Crippen LogP contribution < -0.4 is 16.0 Å². The van der Waals surface area contributed by atoms with Crippen LogP contribution in [0.25, 0.3) is 0 Å². The van der Waals surface area contributed by atoms with Crippen molar-refractivity contribution in [1.29, 1.82) is 0 Å². The Hall–Kier alpha value is -0.610. The molecule has 0 amide bonds. The Bertz CT molecular complexity index is 892. The highest BCUT2D eigenvalue weighted by Crippen LogP contribution is 2.40. The molecule has 3 N–H and O–H groups in total. The first-order valence-corrected chi connectivity index (χ1v) is 18.1. The van der Waals surface area contributed by atoms with E-state index in [1.165, 1.54) is 56.9 Å². The second kappa shape index (κ2) is 14.4. The Morgan fingerprint density at radius 1 is 0.805 bits per heavy atom. The van der Waals surface area contributed by atoms with Gasteiger partial charge in [0, 0.05) is 41.6 Å². The molecule has 4 fully saturated rings. The second-order valence-corrected chi connectivity index (χ2v) is 16.2. The van der Waals surface area contributed by atoms with Gasteiger partial charge in [-0.2, -0.15) is 0 Å². The van der Waals surface area contributed by atoms with Crippen molar-refractivity contribution in [2.75, 3.05) is 0 Å². The van der Waals surface area contributed by atoms with Crippen LogP contribution in [-0.2, 0) is 6.42 Å². The molecule has 1 aromatic carbocycles. The smallest absolute Gasteiger partial charge is 0.0342 e. The Morgan fingerprint density at radius 3 is 2.07 bits per heavy atom. The summed E-state index contributed by atoms with van der Waals surface area (Å²) in [6, 6.07) is 14.7. The molecule has 0 radical (unpaired) electrons. The van der Waals surface area contributed by atoms with Gasteiger partial charge in [0.25, 0.3) is 0 Å². The average Bonchev–Trinajstić information content (AvgIpc) is 2.94. The van der Waals surface area contributed by atoms with E-state index in [2.05, 4.69) is 87.8 Å². The predicted molar refractivity (Wildman–Crippen MR) is 177 cm³/mol. The first-order chi connectivity index (χ1) is 19.7. The first-order valence-electron chi connectivity index (χ1n) is 17.7. The summed E-state index contributed by atoms with van der Waals surface area (Å²) in [5, 5.41) is 13.5. The van der Waals surface area contributed by atoms with Crippen LogP contribution in [0.5, 0.6) is 0 Å². The molecular formula is C37H62ClN3. The predicted octanol–water partition coefficient (Wildman–Crippen LogP) is 8.21. The van der Waals surface area contributed by atoms with Crippen molar-refractivity contribution >= 4 is 11.6 Å². The molecule has 3 aliphatic carbocycles. The third-order valence-electron chi connectivity index (χ3n) is 12.1. The zero-order valence-corrected chi connectivity index (χ0v) is 27.9. The monoisotopic (exact) mass is 583 g/mol. The van der Waals surface area contributed by atoms with Crippen LogP contribution in [0.15, 0.2) is 30.3 Å². The summed E-state index contributed by atoms with van der Waals surface area (Å²) in [6.45, 7) is 14.7. The highest BCUT2D eigenvalue weighted by atomic mass is 35.5. The van der Waals surface area contributed by atoms with E-state index in [1.807, 2.05) is 0 Å². The van der Waals surface area contributed by atoms with Crippen molar-refractivity contribution in [1.82, 2.24) is 16.0 Å². The Labute approximate surface area is 258 Å². The Kier molecular flexibility index (Phi) is 11.2. The highest BCUT2D eigenvalue weighted by molar-refractivity contribution is 6.20. The molecule has 1 heterocycles. The lowest BCUT2D eigenvalue weighted by molar-refractivity contribution is 0.0725. The van der Waals surface area contributed by atoms with Gasteiger partial charge in [-0.1, -0.05) is 84.7 Å². The maximum Gasteiger partial charge on any atom is 0.0342 e. The summed E-state index contributed by atoms with van der Waals surface area (Å²) in [4.78, 5) is 0. The molecule has 1 aromatic rings. The molecule has 0 aromatic heterocycles. The van der Waals surface area contributed by atoms with Gasteiger partial charge in [-0.15, -0.1) is 11.6 Å². The number of alkyl halides is 1. The van der Waals surface area contributed by atoms with E-state index in [-0.39, 0.29) is 0 Å². The van der Waals surface area contributed by atoms with E-state index in [0.717, 1.165) is 48.9 Å².